The van der Waals surface area contributed by atoms with Crippen LogP contribution in [-0.2, 0) is 0 Å². The molecule has 1 unspecified atom stereocenters. The number of hydrogen-bond acceptors (Lipinski definition) is 3. The van der Waals surface area contributed by atoms with Crippen LogP contribution in [0, 0.1) is 5.92 Å². The van der Waals surface area contributed by atoms with Crippen molar-refractivity contribution in [2.75, 3.05) is 13.2 Å². The highest BCUT2D eigenvalue weighted by molar-refractivity contribution is 5.09. The molecule has 0 bridgehead atoms. The first-order valence-corrected chi connectivity index (χ1v) is 5.72. The van der Waals surface area contributed by atoms with Crippen molar-refractivity contribution >= 4 is 0 Å². The van der Waals surface area contributed by atoms with Crippen LogP contribution in [0.15, 0.2) is 23.8 Å². The normalized spacial score (nSPS) is 19.9. The Kier molecular flexibility index (Phi) is 8.16. The van der Waals surface area contributed by atoms with Gasteiger partial charge in [0.25, 0.3) is 0 Å². The summed E-state index contributed by atoms with van der Waals surface area (Å²) in [5, 5.41) is 24.0. The minimum atomic E-state index is -0.954. The lowest BCUT2D eigenvalue weighted by Gasteiger charge is -2.19. The molecule has 0 fully saturated rings. The number of aliphatic hydroxyl groups is 3. The van der Waals surface area contributed by atoms with E-state index in [1.807, 2.05) is 0 Å². The van der Waals surface area contributed by atoms with Gasteiger partial charge in [0.05, 0.1) is 13.2 Å². The van der Waals surface area contributed by atoms with E-state index in [9.17, 15) is 0 Å². The molecule has 3 heteroatoms. The molecule has 3 N–H and O–H groups in total. The maximum absolute atomic E-state index is 8.17. The molecule has 1 aliphatic carbocycles. The smallest absolute Gasteiger partial charge is 0.100 e. The Bertz CT molecular complexity index is 229. The Labute approximate surface area is 98.1 Å². The Morgan fingerprint density at radius 2 is 2.06 bits per heavy atom. The molecule has 1 atom stereocenters. The molecule has 0 aromatic heterocycles. The van der Waals surface area contributed by atoms with Crippen molar-refractivity contribution in [1.82, 2.24) is 0 Å². The highest BCUT2D eigenvalue weighted by atomic mass is 16.3. The fourth-order valence-electron chi connectivity index (χ4n) is 1.47. The summed E-state index contributed by atoms with van der Waals surface area (Å²) in [5.74, 6) is 0.767. The van der Waals surface area contributed by atoms with E-state index < -0.39 is 6.10 Å². The molecule has 16 heavy (non-hydrogen) atoms. The highest BCUT2D eigenvalue weighted by Gasteiger charge is 2.11. The molecule has 0 heterocycles. The largest absolute Gasteiger partial charge is 0.394 e. The number of aliphatic hydroxyl groups excluding tert-OH is 3. The summed E-state index contributed by atoms with van der Waals surface area (Å²) in [6.07, 6.45) is 5.21. The molecule has 0 saturated heterocycles. The van der Waals surface area contributed by atoms with Crippen molar-refractivity contribution in [2.45, 2.75) is 39.2 Å². The Hall–Kier alpha value is -0.640. The molecule has 0 aliphatic heterocycles. The lowest BCUT2D eigenvalue weighted by atomic mass is 9.86. The lowest BCUT2D eigenvalue weighted by molar-refractivity contribution is 0.0450. The minimum absolute atomic E-state index is 0.365. The van der Waals surface area contributed by atoms with Crippen LogP contribution in [0.2, 0.25) is 0 Å². The van der Waals surface area contributed by atoms with Crippen molar-refractivity contribution in [1.29, 1.82) is 0 Å². The Balaban J connectivity index is 0.000000325. The average molecular weight is 228 g/mol. The molecular formula is C13H24O3. The van der Waals surface area contributed by atoms with Gasteiger partial charge in [-0.15, -0.1) is 0 Å². The third-order valence-corrected chi connectivity index (χ3v) is 2.76. The minimum Gasteiger partial charge on any atom is -0.394 e. The van der Waals surface area contributed by atoms with Crippen LogP contribution in [0.4, 0.5) is 0 Å². The second-order valence-corrected chi connectivity index (χ2v) is 4.39. The fraction of sp³-hybridized carbons (Fsp3) is 0.692. The first kappa shape index (κ1) is 15.4. The molecule has 3 nitrogen and oxygen atoms in total. The van der Waals surface area contributed by atoms with Gasteiger partial charge in [-0.2, -0.15) is 0 Å². The average Bonchev–Trinajstić information content (AvgIpc) is 2.29. The summed E-state index contributed by atoms with van der Waals surface area (Å²) in [6, 6.07) is 0. The van der Waals surface area contributed by atoms with Gasteiger partial charge in [0.2, 0.25) is 0 Å². The maximum atomic E-state index is 8.17. The predicted octanol–water partition coefficient (Wildman–Crippen LogP) is 1.64. The fourth-order valence-corrected chi connectivity index (χ4v) is 1.47. The van der Waals surface area contributed by atoms with Gasteiger partial charge in [0, 0.05) is 0 Å². The molecular weight excluding hydrogens is 204 g/mol. The molecule has 0 aromatic carbocycles. The van der Waals surface area contributed by atoms with Gasteiger partial charge in [-0.25, -0.2) is 0 Å². The van der Waals surface area contributed by atoms with E-state index in [4.69, 9.17) is 15.3 Å². The van der Waals surface area contributed by atoms with Crippen molar-refractivity contribution < 1.29 is 15.3 Å². The second-order valence-electron chi connectivity index (χ2n) is 4.39. The summed E-state index contributed by atoms with van der Waals surface area (Å²) in [5.41, 5.74) is 2.90. The van der Waals surface area contributed by atoms with Crippen LogP contribution in [0.5, 0.6) is 0 Å². The molecule has 0 amide bonds. The molecule has 0 saturated carbocycles. The van der Waals surface area contributed by atoms with E-state index in [-0.39, 0.29) is 13.2 Å². The molecule has 0 aromatic rings. The zero-order chi connectivity index (χ0) is 12.6. The van der Waals surface area contributed by atoms with Gasteiger partial charge in [-0.05, 0) is 39.0 Å². The third kappa shape index (κ3) is 6.77. The zero-order valence-corrected chi connectivity index (χ0v) is 10.3. The van der Waals surface area contributed by atoms with Gasteiger partial charge in [-0.1, -0.05) is 23.8 Å². The summed E-state index contributed by atoms with van der Waals surface area (Å²) >= 11 is 0. The van der Waals surface area contributed by atoms with Crippen molar-refractivity contribution in [3.63, 3.8) is 0 Å². The van der Waals surface area contributed by atoms with Crippen LogP contribution >= 0.6 is 0 Å². The van der Waals surface area contributed by atoms with E-state index >= 15 is 0 Å². The Morgan fingerprint density at radius 1 is 1.50 bits per heavy atom. The molecule has 94 valence electrons. The summed E-state index contributed by atoms with van der Waals surface area (Å²) in [7, 11) is 0. The second kappa shape index (κ2) is 8.50. The van der Waals surface area contributed by atoms with E-state index in [1.54, 1.807) is 5.57 Å². The van der Waals surface area contributed by atoms with E-state index in [2.05, 4.69) is 26.5 Å². The van der Waals surface area contributed by atoms with Crippen LogP contribution in [0.25, 0.3) is 0 Å². The van der Waals surface area contributed by atoms with Crippen LogP contribution < -0.4 is 0 Å². The van der Waals surface area contributed by atoms with E-state index in [0.717, 1.165) is 5.92 Å². The van der Waals surface area contributed by atoms with Gasteiger partial charge in [0.1, 0.15) is 6.10 Å². The van der Waals surface area contributed by atoms with Crippen LogP contribution in [0.1, 0.15) is 33.1 Å². The van der Waals surface area contributed by atoms with Gasteiger partial charge < -0.3 is 15.3 Å². The first-order chi connectivity index (χ1) is 7.51. The third-order valence-electron chi connectivity index (χ3n) is 2.76. The zero-order valence-electron chi connectivity index (χ0n) is 10.3. The van der Waals surface area contributed by atoms with Crippen molar-refractivity contribution in [3.05, 3.63) is 23.8 Å². The SMILES string of the molecule is C=C(C)C1CC=C(C)CC1.OCC(O)CO. The highest BCUT2D eigenvalue weighted by Crippen LogP contribution is 2.27. The van der Waals surface area contributed by atoms with Crippen molar-refractivity contribution in [2.24, 2.45) is 5.92 Å². The number of hydrogen-bond donors (Lipinski definition) is 3. The predicted molar refractivity (Wildman–Crippen MR) is 66.1 cm³/mol. The molecule has 0 spiro atoms. The topological polar surface area (TPSA) is 60.7 Å². The van der Waals surface area contributed by atoms with E-state index in [1.165, 1.54) is 24.8 Å². The summed E-state index contributed by atoms with van der Waals surface area (Å²) < 4.78 is 0. The first-order valence-electron chi connectivity index (χ1n) is 5.72. The number of rotatable bonds is 3. The molecule has 0 radical (unpaired) electrons. The van der Waals surface area contributed by atoms with Gasteiger partial charge in [0.15, 0.2) is 0 Å². The maximum Gasteiger partial charge on any atom is 0.100 e. The van der Waals surface area contributed by atoms with Crippen LogP contribution in [0.3, 0.4) is 0 Å². The quantitative estimate of drug-likeness (QED) is 0.644. The number of allylic oxidation sites excluding steroid dienone is 3. The monoisotopic (exact) mass is 228 g/mol. The molecule has 1 aliphatic rings. The standard InChI is InChI=1S/C10H16.C3H8O3/c1-8(2)10-6-4-9(3)5-7-10;4-1-3(6)2-5/h4,10H,1,5-7H2,2-3H3;3-6H,1-2H2. The molecule has 1 rings (SSSR count). The Morgan fingerprint density at radius 3 is 2.31 bits per heavy atom. The van der Waals surface area contributed by atoms with Crippen molar-refractivity contribution in [3.8, 4) is 0 Å². The summed E-state index contributed by atoms with van der Waals surface area (Å²) in [6.45, 7) is 7.60. The van der Waals surface area contributed by atoms with Gasteiger partial charge >= 0.3 is 0 Å². The van der Waals surface area contributed by atoms with Gasteiger partial charge in [-0.3, -0.25) is 0 Å². The van der Waals surface area contributed by atoms with Crippen LogP contribution in [-0.4, -0.2) is 34.6 Å². The lowest BCUT2D eigenvalue weighted by Crippen LogP contribution is -2.15. The van der Waals surface area contributed by atoms with E-state index in [0.29, 0.717) is 0 Å². The summed E-state index contributed by atoms with van der Waals surface area (Å²) in [4.78, 5) is 0.